The Morgan fingerprint density at radius 1 is 1.11 bits per heavy atom. The molecule has 8 heteroatoms. The quantitative estimate of drug-likeness (QED) is 0.557. The van der Waals surface area contributed by atoms with Gasteiger partial charge in [0.15, 0.2) is 5.82 Å². The van der Waals surface area contributed by atoms with Gasteiger partial charge in [-0.1, -0.05) is 0 Å². The van der Waals surface area contributed by atoms with Gasteiger partial charge in [-0.25, -0.2) is 13.8 Å². The average molecular weight is 380 g/mol. The second-order valence-electron chi connectivity index (χ2n) is 6.47. The molecule has 0 atom stereocenters. The molecule has 0 aliphatic carbocycles. The number of alkyl halides is 1. The molecule has 0 fully saturated rings. The number of nitrogens with zero attached hydrogens (tertiary/aromatic N) is 5. The number of aromatic nitrogens is 5. The van der Waals surface area contributed by atoms with Crippen LogP contribution in [0, 0.1) is 19.7 Å². The number of rotatable bonds is 5. The Labute approximate surface area is 160 Å². The highest BCUT2D eigenvalue weighted by molar-refractivity contribution is 5.89. The topological polar surface area (TPSA) is 68.5 Å². The van der Waals surface area contributed by atoms with Gasteiger partial charge in [0, 0.05) is 23.8 Å². The molecule has 0 amide bonds. The third-order valence-corrected chi connectivity index (χ3v) is 4.37. The first kappa shape index (κ1) is 18.0. The summed E-state index contributed by atoms with van der Waals surface area (Å²) >= 11 is 0. The van der Waals surface area contributed by atoms with Crippen LogP contribution < -0.4 is 5.32 Å². The molecule has 0 unspecified atom stereocenters. The molecule has 0 saturated heterocycles. The highest BCUT2D eigenvalue weighted by Gasteiger charge is 2.13. The van der Waals surface area contributed by atoms with E-state index in [0.717, 1.165) is 16.9 Å². The summed E-state index contributed by atoms with van der Waals surface area (Å²) in [6, 6.07) is 6.55. The number of pyridine rings is 3. The normalized spacial score (nSPS) is 11.1. The van der Waals surface area contributed by atoms with E-state index in [4.69, 9.17) is 0 Å². The molecule has 28 heavy (non-hydrogen) atoms. The van der Waals surface area contributed by atoms with E-state index in [2.05, 4.69) is 25.4 Å². The fourth-order valence-electron chi connectivity index (χ4n) is 2.92. The number of hydrogen-bond donors (Lipinski definition) is 1. The fourth-order valence-corrected chi connectivity index (χ4v) is 2.92. The largest absolute Gasteiger partial charge is 0.353 e. The van der Waals surface area contributed by atoms with Crippen LogP contribution in [0.3, 0.4) is 0 Å². The van der Waals surface area contributed by atoms with Crippen molar-refractivity contribution in [1.29, 1.82) is 0 Å². The van der Waals surface area contributed by atoms with Gasteiger partial charge in [-0.05, 0) is 43.7 Å². The lowest BCUT2D eigenvalue weighted by molar-refractivity contribution is 0.428. The van der Waals surface area contributed by atoms with Crippen molar-refractivity contribution in [2.45, 2.75) is 20.4 Å². The number of halogens is 2. The Hall–Kier alpha value is -3.42. The maximum atomic E-state index is 14.2. The smallest absolute Gasteiger partial charge is 0.151 e. The summed E-state index contributed by atoms with van der Waals surface area (Å²) in [5.74, 6) is -0.427. The average Bonchev–Trinajstić information content (AvgIpc) is 3.09. The number of hydrogen-bond acceptors (Lipinski definition) is 5. The van der Waals surface area contributed by atoms with Gasteiger partial charge in [0.25, 0.3) is 0 Å². The molecule has 0 bridgehead atoms. The van der Waals surface area contributed by atoms with E-state index in [1.807, 2.05) is 6.92 Å². The molecule has 6 nitrogen and oxygen atoms in total. The van der Waals surface area contributed by atoms with Crippen molar-refractivity contribution in [2.24, 2.45) is 0 Å². The van der Waals surface area contributed by atoms with Crippen LogP contribution in [0.4, 0.5) is 20.2 Å². The maximum absolute atomic E-state index is 14.2. The lowest BCUT2D eigenvalue weighted by atomic mass is 10.1. The molecule has 0 aliphatic rings. The van der Waals surface area contributed by atoms with Crippen molar-refractivity contribution >= 4 is 22.4 Å². The number of fused-ring (bicyclic) bond motifs is 1. The van der Waals surface area contributed by atoms with Gasteiger partial charge in [0.1, 0.15) is 23.4 Å². The van der Waals surface area contributed by atoms with Crippen molar-refractivity contribution < 1.29 is 8.78 Å². The van der Waals surface area contributed by atoms with Crippen LogP contribution in [0.5, 0.6) is 0 Å². The molecular weight excluding hydrogens is 362 g/mol. The minimum absolute atomic E-state index is 0.173. The minimum Gasteiger partial charge on any atom is -0.353 e. The highest BCUT2D eigenvalue weighted by atomic mass is 19.1. The molecule has 1 N–H and O–H groups in total. The molecule has 0 aromatic carbocycles. The molecule has 142 valence electrons. The fraction of sp³-hybridized carbons (Fsp3) is 0.200. The monoisotopic (exact) mass is 380 g/mol. The second-order valence-corrected chi connectivity index (χ2v) is 6.47. The zero-order chi connectivity index (χ0) is 19.7. The van der Waals surface area contributed by atoms with Gasteiger partial charge >= 0.3 is 0 Å². The third-order valence-electron chi connectivity index (χ3n) is 4.37. The first-order valence-corrected chi connectivity index (χ1v) is 8.80. The predicted molar refractivity (Wildman–Crippen MR) is 104 cm³/mol. The van der Waals surface area contributed by atoms with E-state index >= 15 is 0 Å². The maximum Gasteiger partial charge on any atom is 0.151 e. The van der Waals surface area contributed by atoms with Gasteiger partial charge in [-0.3, -0.25) is 14.6 Å². The van der Waals surface area contributed by atoms with Crippen LogP contribution in [0.15, 0.2) is 42.9 Å². The molecule has 0 aliphatic heterocycles. The number of nitrogens with one attached hydrogen (secondary N) is 1. The molecule has 0 spiro atoms. The molecule has 0 radical (unpaired) electrons. The first-order chi connectivity index (χ1) is 13.5. The van der Waals surface area contributed by atoms with Gasteiger partial charge in [-0.15, -0.1) is 0 Å². The lowest BCUT2D eigenvalue weighted by Crippen LogP contribution is -2.01. The van der Waals surface area contributed by atoms with Crippen LogP contribution >= 0.6 is 0 Å². The SMILES string of the molecule is Cc1ccc(F)c(-c2cc(Nc3ccnc4cn(CCF)nc34)c(C)cn2)n1. The Balaban J connectivity index is 1.74. The van der Waals surface area contributed by atoms with Gasteiger partial charge < -0.3 is 5.32 Å². The van der Waals surface area contributed by atoms with Crippen LogP contribution in [0.2, 0.25) is 0 Å². The zero-order valence-electron chi connectivity index (χ0n) is 15.4. The van der Waals surface area contributed by atoms with Crippen molar-refractivity contribution in [3.63, 3.8) is 0 Å². The lowest BCUT2D eigenvalue weighted by Gasteiger charge is -2.12. The summed E-state index contributed by atoms with van der Waals surface area (Å²) in [5.41, 5.74) is 5.00. The van der Waals surface area contributed by atoms with Crippen LogP contribution in [0.1, 0.15) is 11.3 Å². The molecule has 4 aromatic heterocycles. The summed E-state index contributed by atoms with van der Waals surface area (Å²) < 4.78 is 28.4. The molecule has 0 saturated carbocycles. The van der Waals surface area contributed by atoms with Crippen LogP contribution in [0.25, 0.3) is 22.4 Å². The molecule has 4 aromatic rings. The van der Waals surface area contributed by atoms with E-state index in [1.165, 1.54) is 10.7 Å². The predicted octanol–water partition coefficient (Wildman–Crippen LogP) is 4.36. The number of aryl methyl sites for hydroxylation is 3. The van der Waals surface area contributed by atoms with Crippen LogP contribution in [-0.2, 0) is 6.54 Å². The molecule has 4 heterocycles. The summed E-state index contributed by atoms with van der Waals surface area (Å²) in [6.45, 7) is 3.38. The summed E-state index contributed by atoms with van der Waals surface area (Å²) in [4.78, 5) is 12.9. The first-order valence-electron chi connectivity index (χ1n) is 8.80. The zero-order valence-corrected chi connectivity index (χ0v) is 15.4. The molecular formula is C20H18F2N6. The van der Waals surface area contributed by atoms with Gasteiger partial charge in [0.05, 0.1) is 24.1 Å². The Bertz CT molecular complexity index is 1150. The number of anilines is 2. The van der Waals surface area contributed by atoms with E-state index in [0.29, 0.717) is 22.4 Å². The standard InChI is InChI=1S/C20H18F2N6/c1-12-10-24-17(19-14(22)4-3-13(2)25-19)9-16(12)26-15-5-7-23-18-11-28(8-6-21)27-20(15)18/h3-5,7,9-11H,6,8H2,1-2H3,(H,24,26). The van der Waals surface area contributed by atoms with E-state index in [9.17, 15) is 8.78 Å². The summed E-state index contributed by atoms with van der Waals surface area (Å²) in [7, 11) is 0. The summed E-state index contributed by atoms with van der Waals surface area (Å²) in [5, 5.41) is 7.71. The van der Waals surface area contributed by atoms with E-state index < -0.39 is 12.5 Å². The summed E-state index contributed by atoms with van der Waals surface area (Å²) in [6.07, 6.45) is 5.03. The minimum atomic E-state index is -0.501. The van der Waals surface area contributed by atoms with E-state index in [-0.39, 0.29) is 12.2 Å². The van der Waals surface area contributed by atoms with Crippen molar-refractivity contribution in [3.8, 4) is 11.4 Å². The van der Waals surface area contributed by atoms with Crippen molar-refractivity contribution in [2.75, 3.05) is 12.0 Å². The Morgan fingerprint density at radius 2 is 1.96 bits per heavy atom. The Morgan fingerprint density at radius 3 is 2.79 bits per heavy atom. The second kappa shape index (κ2) is 7.30. The van der Waals surface area contributed by atoms with Crippen molar-refractivity contribution in [3.05, 3.63) is 59.9 Å². The Kier molecular flexibility index (Phi) is 4.68. The molecule has 4 rings (SSSR count). The van der Waals surface area contributed by atoms with Gasteiger partial charge in [0.2, 0.25) is 0 Å². The van der Waals surface area contributed by atoms with Crippen LogP contribution in [-0.4, -0.2) is 31.4 Å². The van der Waals surface area contributed by atoms with Gasteiger partial charge in [-0.2, -0.15) is 5.10 Å². The third kappa shape index (κ3) is 3.40. The highest BCUT2D eigenvalue weighted by Crippen LogP contribution is 2.29. The van der Waals surface area contributed by atoms with E-state index in [1.54, 1.807) is 43.7 Å². The van der Waals surface area contributed by atoms with Crippen molar-refractivity contribution in [1.82, 2.24) is 24.7 Å².